The molecule has 0 N–H and O–H groups in total. The first-order valence-electron chi connectivity index (χ1n) is 11.1. The molecule has 1 saturated heterocycles. The van der Waals surface area contributed by atoms with Gasteiger partial charge in [0.05, 0.1) is 5.25 Å². The first-order valence-corrected chi connectivity index (χ1v) is 12.1. The van der Waals surface area contributed by atoms with Crippen LogP contribution in [0.1, 0.15) is 104 Å². The number of nitrogens with zero attached hydrogens (tertiary/aromatic N) is 1. The summed E-state index contributed by atoms with van der Waals surface area (Å²) in [6, 6.07) is 0. The maximum Gasteiger partial charge on any atom is 0.242 e. The molecule has 1 heterocycles. The highest BCUT2D eigenvalue weighted by molar-refractivity contribution is 8.00. The number of likely N-dealkylation sites (tertiary alicyclic amines) is 1. The zero-order valence-electron chi connectivity index (χ0n) is 17.5. The van der Waals surface area contributed by atoms with Gasteiger partial charge in [0.25, 0.3) is 0 Å². The molecule has 2 amide bonds. The summed E-state index contributed by atoms with van der Waals surface area (Å²) in [4.78, 5) is 37.8. The number of carbonyl (C=O) groups excluding carboxylic acids is 3. The third kappa shape index (κ3) is 10.3. The molecule has 27 heavy (non-hydrogen) atoms. The van der Waals surface area contributed by atoms with Crippen LogP contribution in [0.5, 0.6) is 0 Å². The number of hydrogen-bond acceptors (Lipinski definition) is 4. The lowest BCUT2D eigenvalue weighted by Crippen LogP contribution is -2.32. The number of Topliss-reactive ketones (excluding diaryl/α,β-unsaturated/α-hetero) is 1. The van der Waals surface area contributed by atoms with Crippen molar-refractivity contribution in [3.05, 3.63) is 0 Å². The number of imide groups is 1. The van der Waals surface area contributed by atoms with Gasteiger partial charge in [-0.2, -0.15) is 0 Å². The van der Waals surface area contributed by atoms with Crippen molar-refractivity contribution in [3.63, 3.8) is 0 Å². The van der Waals surface area contributed by atoms with Crippen molar-refractivity contribution in [2.24, 2.45) is 0 Å². The van der Waals surface area contributed by atoms with Gasteiger partial charge < -0.3 is 0 Å². The SMILES string of the molecule is CCCCCCSC1CC(=O)N(CCCCCC(=O)CCCCCC)C1=O. The predicted octanol–water partition coefficient (Wildman–Crippen LogP) is 5.53. The van der Waals surface area contributed by atoms with E-state index < -0.39 is 0 Å². The number of thioether (sulfide) groups is 1. The van der Waals surface area contributed by atoms with E-state index in [1.807, 2.05) is 0 Å². The van der Waals surface area contributed by atoms with Crippen LogP contribution in [0.2, 0.25) is 0 Å². The van der Waals surface area contributed by atoms with Crippen LogP contribution in [0.4, 0.5) is 0 Å². The van der Waals surface area contributed by atoms with E-state index >= 15 is 0 Å². The molecule has 0 aromatic carbocycles. The monoisotopic (exact) mass is 397 g/mol. The van der Waals surface area contributed by atoms with E-state index in [0.717, 1.165) is 44.3 Å². The Bertz CT molecular complexity index is 453. The third-order valence-electron chi connectivity index (χ3n) is 5.17. The smallest absolute Gasteiger partial charge is 0.242 e. The van der Waals surface area contributed by atoms with Gasteiger partial charge in [-0.15, -0.1) is 11.8 Å². The molecule has 0 aromatic heterocycles. The first kappa shape index (κ1) is 24.2. The summed E-state index contributed by atoms with van der Waals surface area (Å²) in [6.07, 6.45) is 13.7. The topological polar surface area (TPSA) is 54.5 Å². The van der Waals surface area contributed by atoms with Crippen molar-refractivity contribution < 1.29 is 14.4 Å². The Kier molecular flexibility index (Phi) is 13.6. The quantitative estimate of drug-likeness (QED) is 0.239. The Labute approximate surface area is 170 Å². The van der Waals surface area contributed by atoms with Crippen molar-refractivity contribution in [2.75, 3.05) is 12.3 Å². The van der Waals surface area contributed by atoms with Crippen LogP contribution < -0.4 is 0 Å². The largest absolute Gasteiger partial charge is 0.300 e. The fraction of sp³-hybridized carbons (Fsp3) is 0.864. The normalized spacial score (nSPS) is 17.1. The summed E-state index contributed by atoms with van der Waals surface area (Å²) in [5, 5.41) is -0.163. The molecule has 0 radical (unpaired) electrons. The number of unbranched alkanes of at least 4 members (excludes halogenated alkanes) is 8. The lowest BCUT2D eigenvalue weighted by Gasteiger charge is -2.14. The van der Waals surface area contributed by atoms with Crippen LogP contribution in [-0.2, 0) is 14.4 Å². The van der Waals surface area contributed by atoms with Gasteiger partial charge in [-0.1, -0.05) is 58.8 Å². The summed E-state index contributed by atoms with van der Waals surface area (Å²) < 4.78 is 0. The van der Waals surface area contributed by atoms with E-state index in [9.17, 15) is 14.4 Å². The van der Waals surface area contributed by atoms with Crippen LogP contribution in [0, 0.1) is 0 Å². The second-order valence-electron chi connectivity index (χ2n) is 7.67. The van der Waals surface area contributed by atoms with Gasteiger partial charge in [0.2, 0.25) is 11.8 Å². The highest BCUT2D eigenvalue weighted by Gasteiger charge is 2.37. The summed E-state index contributed by atoms with van der Waals surface area (Å²) in [5.41, 5.74) is 0. The van der Waals surface area contributed by atoms with Crippen LogP contribution in [0.15, 0.2) is 0 Å². The second kappa shape index (κ2) is 15.1. The van der Waals surface area contributed by atoms with Gasteiger partial charge in [-0.3, -0.25) is 19.3 Å². The molecule has 1 unspecified atom stereocenters. The molecule has 1 aliphatic rings. The van der Waals surface area contributed by atoms with E-state index in [1.54, 1.807) is 11.8 Å². The third-order valence-corrected chi connectivity index (χ3v) is 6.46. The van der Waals surface area contributed by atoms with E-state index in [0.29, 0.717) is 31.6 Å². The first-order chi connectivity index (χ1) is 13.1. The fourth-order valence-electron chi connectivity index (χ4n) is 3.42. The molecule has 5 heteroatoms. The van der Waals surface area contributed by atoms with Crippen LogP contribution >= 0.6 is 11.8 Å². The Hall–Kier alpha value is -0.840. The molecule has 0 spiro atoms. The number of carbonyl (C=O) groups is 3. The Balaban J connectivity index is 2.11. The molecule has 0 bridgehead atoms. The van der Waals surface area contributed by atoms with Crippen molar-refractivity contribution >= 4 is 29.4 Å². The molecular weight excluding hydrogens is 358 g/mol. The molecule has 1 aliphatic heterocycles. The average Bonchev–Trinajstić information content (AvgIpc) is 2.92. The van der Waals surface area contributed by atoms with E-state index in [4.69, 9.17) is 0 Å². The minimum atomic E-state index is -0.163. The maximum absolute atomic E-state index is 12.4. The second-order valence-corrected chi connectivity index (χ2v) is 8.98. The van der Waals surface area contributed by atoms with Gasteiger partial charge in [-0.25, -0.2) is 0 Å². The zero-order chi connectivity index (χ0) is 19.9. The summed E-state index contributed by atoms with van der Waals surface area (Å²) in [7, 11) is 0. The van der Waals surface area contributed by atoms with E-state index in [2.05, 4.69) is 13.8 Å². The standard InChI is InChI=1S/C22H39NO3S/c1-3-5-7-10-14-19(24)15-11-9-12-16-23-21(25)18-20(22(23)26)27-17-13-8-6-4-2/h20H,3-18H2,1-2H3. The molecule has 156 valence electrons. The Morgan fingerprint density at radius 2 is 1.48 bits per heavy atom. The van der Waals surface area contributed by atoms with Gasteiger partial charge in [0.1, 0.15) is 5.78 Å². The average molecular weight is 398 g/mol. The van der Waals surface area contributed by atoms with E-state index in [1.165, 1.54) is 37.0 Å². The van der Waals surface area contributed by atoms with Crippen molar-refractivity contribution in [1.82, 2.24) is 4.90 Å². The molecule has 0 aromatic rings. The Morgan fingerprint density at radius 3 is 2.11 bits per heavy atom. The molecule has 0 aliphatic carbocycles. The molecular formula is C22H39NO3S. The van der Waals surface area contributed by atoms with Gasteiger partial charge >= 0.3 is 0 Å². The minimum Gasteiger partial charge on any atom is -0.300 e. The van der Waals surface area contributed by atoms with Crippen molar-refractivity contribution in [3.8, 4) is 0 Å². The summed E-state index contributed by atoms with van der Waals surface area (Å²) in [6.45, 7) is 4.88. The zero-order valence-corrected chi connectivity index (χ0v) is 18.3. The highest BCUT2D eigenvalue weighted by Crippen LogP contribution is 2.26. The van der Waals surface area contributed by atoms with Gasteiger partial charge in [0, 0.05) is 25.8 Å². The number of hydrogen-bond donors (Lipinski definition) is 0. The van der Waals surface area contributed by atoms with Crippen LogP contribution in [0.3, 0.4) is 0 Å². The summed E-state index contributed by atoms with van der Waals surface area (Å²) in [5.74, 6) is 1.32. The fourth-order valence-corrected chi connectivity index (χ4v) is 4.60. The lowest BCUT2D eigenvalue weighted by atomic mass is 10.1. The van der Waals surface area contributed by atoms with Crippen molar-refractivity contribution in [2.45, 2.75) is 109 Å². The maximum atomic E-state index is 12.4. The minimum absolute atomic E-state index is 0.00694. The molecule has 4 nitrogen and oxygen atoms in total. The van der Waals surface area contributed by atoms with E-state index in [-0.39, 0.29) is 17.1 Å². The van der Waals surface area contributed by atoms with Crippen LogP contribution in [0.25, 0.3) is 0 Å². The van der Waals surface area contributed by atoms with Crippen molar-refractivity contribution in [1.29, 1.82) is 0 Å². The number of amides is 2. The summed E-state index contributed by atoms with van der Waals surface area (Å²) >= 11 is 1.65. The van der Waals surface area contributed by atoms with Gasteiger partial charge in [0.15, 0.2) is 0 Å². The molecule has 1 rings (SSSR count). The Morgan fingerprint density at radius 1 is 0.889 bits per heavy atom. The predicted molar refractivity (Wildman–Crippen MR) is 114 cm³/mol. The number of rotatable bonds is 17. The number of ketones is 1. The molecule has 0 saturated carbocycles. The van der Waals surface area contributed by atoms with Gasteiger partial charge in [-0.05, 0) is 31.4 Å². The molecule has 1 atom stereocenters. The lowest BCUT2D eigenvalue weighted by molar-refractivity contribution is -0.138. The van der Waals surface area contributed by atoms with Crippen LogP contribution in [-0.4, -0.2) is 40.0 Å². The molecule has 1 fully saturated rings. The highest BCUT2D eigenvalue weighted by atomic mass is 32.2.